The van der Waals surface area contributed by atoms with E-state index in [1.165, 1.54) is 24.5 Å². The van der Waals surface area contributed by atoms with Gasteiger partial charge in [0.05, 0.1) is 29.6 Å². The number of sulfonamides is 1. The van der Waals surface area contributed by atoms with Crippen LogP contribution in [-0.4, -0.2) is 36.6 Å². The van der Waals surface area contributed by atoms with Crippen LogP contribution in [0, 0.1) is 0 Å². The van der Waals surface area contributed by atoms with Crippen molar-refractivity contribution in [2.75, 3.05) is 11.3 Å². The normalized spacial score (nSPS) is 16.2. The molecule has 138 valence electrons. The fourth-order valence-electron chi connectivity index (χ4n) is 3.20. The summed E-state index contributed by atoms with van der Waals surface area (Å²) in [5.74, 6) is -0.506. The Labute approximate surface area is 152 Å². The van der Waals surface area contributed by atoms with Crippen LogP contribution in [0.1, 0.15) is 36.0 Å². The lowest BCUT2D eigenvalue weighted by Gasteiger charge is -2.28. The molecule has 8 heteroatoms. The van der Waals surface area contributed by atoms with Crippen LogP contribution in [-0.2, 0) is 10.0 Å². The Kier molecular flexibility index (Phi) is 5.24. The van der Waals surface area contributed by atoms with Crippen LogP contribution >= 0.6 is 0 Å². The van der Waals surface area contributed by atoms with Crippen molar-refractivity contribution < 1.29 is 18.3 Å². The van der Waals surface area contributed by atoms with Gasteiger partial charge in [0, 0.05) is 6.20 Å². The molecule has 3 rings (SSSR count). The maximum absolute atomic E-state index is 12.8. The number of rotatable bonds is 6. The molecule has 0 unspecified atom stereocenters. The summed E-state index contributed by atoms with van der Waals surface area (Å²) in [6, 6.07) is 9.21. The maximum Gasteiger partial charge on any atom is 0.262 e. The molecular formula is C18H21N3O4S. The fourth-order valence-corrected chi connectivity index (χ4v) is 4.45. The first-order valence-corrected chi connectivity index (χ1v) is 9.89. The summed E-state index contributed by atoms with van der Waals surface area (Å²) >= 11 is 0. The number of aromatic nitrogens is 1. The summed E-state index contributed by atoms with van der Waals surface area (Å²) in [4.78, 5) is 16.5. The molecule has 0 saturated heterocycles. The van der Waals surface area contributed by atoms with Gasteiger partial charge in [0.25, 0.3) is 15.9 Å². The number of carbonyl (C=O) groups excluding carboxylic acids is 1. The predicted octanol–water partition coefficient (Wildman–Crippen LogP) is 1.92. The molecule has 1 saturated carbocycles. The van der Waals surface area contributed by atoms with Crippen molar-refractivity contribution in [3.05, 3.63) is 54.4 Å². The van der Waals surface area contributed by atoms with Gasteiger partial charge in [-0.15, -0.1) is 0 Å². The second kappa shape index (κ2) is 7.43. The first-order valence-electron chi connectivity index (χ1n) is 8.41. The molecule has 0 atom stereocenters. The van der Waals surface area contributed by atoms with Crippen molar-refractivity contribution in [3.63, 3.8) is 0 Å². The second-order valence-corrected chi connectivity index (χ2v) is 8.09. The molecule has 1 amide bonds. The first kappa shape index (κ1) is 18.3. The predicted molar refractivity (Wildman–Crippen MR) is 97.2 cm³/mol. The minimum atomic E-state index is -3.96. The molecule has 0 bridgehead atoms. The Bertz CT molecular complexity index is 878. The number of aliphatic hydroxyl groups excluding tert-OH is 1. The Morgan fingerprint density at radius 3 is 2.54 bits per heavy atom. The molecule has 7 nitrogen and oxygen atoms in total. The van der Waals surface area contributed by atoms with Gasteiger partial charge in [-0.05, 0) is 37.1 Å². The highest BCUT2D eigenvalue weighted by atomic mass is 32.2. The molecule has 1 aromatic heterocycles. The molecule has 1 aliphatic rings. The molecular weight excluding hydrogens is 354 g/mol. The summed E-state index contributed by atoms with van der Waals surface area (Å²) in [7, 11) is -3.96. The second-order valence-electron chi connectivity index (χ2n) is 6.44. The molecule has 1 heterocycles. The van der Waals surface area contributed by atoms with E-state index in [-0.39, 0.29) is 17.1 Å². The van der Waals surface area contributed by atoms with Crippen molar-refractivity contribution in [2.24, 2.45) is 0 Å². The summed E-state index contributed by atoms with van der Waals surface area (Å²) in [5, 5.41) is 12.5. The van der Waals surface area contributed by atoms with E-state index in [4.69, 9.17) is 0 Å². The fraction of sp³-hybridized carbons (Fsp3) is 0.333. The topological polar surface area (TPSA) is 108 Å². The van der Waals surface area contributed by atoms with Crippen LogP contribution in [0.4, 0.5) is 5.69 Å². The summed E-state index contributed by atoms with van der Waals surface area (Å²) in [6.45, 7) is -0.165. The summed E-state index contributed by atoms with van der Waals surface area (Å²) in [6.07, 6.45) is 6.12. The zero-order chi connectivity index (χ0) is 18.6. The lowest BCUT2D eigenvalue weighted by Crippen LogP contribution is -2.49. The molecule has 1 aliphatic carbocycles. The number of anilines is 1. The van der Waals surface area contributed by atoms with E-state index >= 15 is 0 Å². The number of hydrogen-bond donors (Lipinski definition) is 3. The number of aliphatic hydroxyl groups is 1. The van der Waals surface area contributed by atoms with Gasteiger partial charge in [-0.3, -0.25) is 14.5 Å². The average molecular weight is 375 g/mol. The van der Waals surface area contributed by atoms with E-state index in [0.29, 0.717) is 18.5 Å². The standard InChI is InChI=1S/C18H21N3O4S/c22-13-18(9-3-4-10-18)20-17(23)15-7-1-2-8-16(15)26(24,25)21-14-6-5-11-19-12-14/h1-2,5-8,11-12,21-22H,3-4,9-10,13H2,(H,20,23). The quantitative estimate of drug-likeness (QED) is 0.715. The van der Waals surface area contributed by atoms with Gasteiger partial charge in [-0.25, -0.2) is 8.42 Å². The van der Waals surface area contributed by atoms with Crippen LogP contribution < -0.4 is 10.0 Å². The smallest absolute Gasteiger partial charge is 0.262 e. The minimum Gasteiger partial charge on any atom is -0.394 e. The lowest BCUT2D eigenvalue weighted by atomic mass is 9.98. The summed E-state index contributed by atoms with van der Waals surface area (Å²) in [5.41, 5.74) is -0.320. The van der Waals surface area contributed by atoms with Gasteiger partial charge in [0.15, 0.2) is 0 Å². The third-order valence-electron chi connectivity index (χ3n) is 4.58. The first-order chi connectivity index (χ1) is 12.5. The van der Waals surface area contributed by atoms with Crippen molar-refractivity contribution in [1.29, 1.82) is 0 Å². The van der Waals surface area contributed by atoms with E-state index in [2.05, 4.69) is 15.0 Å². The van der Waals surface area contributed by atoms with Crippen molar-refractivity contribution in [3.8, 4) is 0 Å². The van der Waals surface area contributed by atoms with Gasteiger partial charge < -0.3 is 10.4 Å². The van der Waals surface area contributed by atoms with Crippen LogP contribution in [0.2, 0.25) is 0 Å². The van der Waals surface area contributed by atoms with Gasteiger partial charge in [-0.1, -0.05) is 25.0 Å². The molecule has 1 aromatic carbocycles. The number of nitrogens with one attached hydrogen (secondary N) is 2. The van der Waals surface area contributed by atoms with Crippen molar-refractivity contribution >= 4 is 21.6 Å². The zero-order valence-electron chi connectivity index (χ0n) is 14.2. The highest BCUT2D eigenvalue weighted by molar-refractivity contribution is 7.92. The largest absolute Gasteiger partial charge is 0.394 e. The number of pyridine rings is 1. The van der Waals surface area contributed by atoms with E-state index in [0.717, 1.165) is 12.8 Å². The monoisotopic (exact) mass is 375 g/mol. The number of nitrogens with zero attached hydrogens (tertiary/aromatic N) is 1. The Morgan fingerprint density at radius 2 is 1.88 bits per heavy atom. The van der Waals surface area contributed by atoms with E-state index in [9.17, 15) is 18.3 Å². The van der Waals surface area contributed by atoms with Crippen molar-refractivity contribution in [1.82, 2.24) is 10.3 Å². The molecule has 2 aromatic rings. The Morgan fingerprint density at radius 1 is 1.15 bits per heavy atom. The molecule has 0 aliphatic heterocycles. The lowest BCUT2D eigenvalue weighted by molar-refractivity contribution is 0.0835. The van der Waals surface area contributed by atoms with Gasteiger partial charge in [0.1, 0.15) is 4.90 Å². The average Bonchev–Trinajstić information content (AvgIpc) is 3.11. The molecule has 0 spiro atoms. The number of carbonyl (C=O) groups is 1. The van der Waals surface area contributed by atoms with Crippen LogP contribution in [0.25, 0.3) is 0 Å². The molecule has 26 heavy (non-hydrogen) atoms. The summed E-state index contributed by atoms with van der Waals surface area (Å²) < 4.78 is 27.9. The van der Waals surface area contributed by atoms with Crippen molar-refractivity contribution in [2.45, 2.75) is 36.1 Å². The zero-order valence-corrected chi connectivity index (χ0v) is 15.0. The van der Waals surface area contributed by atoms with E-state index < -0.39 is 21.5 Å². The van der Waals surface area contributed by atoms with Gasteiger partial charge in [0.2, 0.25) is 0 Å². The highest BCUT2D eigenvalue weighted by Gasteiger charge is 2.36. The maximum atomic E-state index is 12.8. The SMILES string of the molecule is O=C(NC1(CO)CCCC1)c1ccccc1S(=O)(=O)Nc1cccnc1. The Balaban J connectivity index is 1.89. The van der Waals surface area contributed by atoms with E-state index in [1.54, 1.807) is 24.3 Å². The van der Waals surface area contributed by atoms with Crippen LogP contribution in [0.5, 0.6) is 0 Å². The number of amides is 1. The van der Waals surface area contributed by atoms with Crippen LogP contribution in [0.15, 0.2) is 53.7 Å². The van der Waals surface area contributed by atoms with E-state index in [1.807, 2.05) is 0 Å². The molecule has 3 N–H and O–H groups in total. The van der Waals surface area contributed by atoms with Gasteiger partial charge in [-0.2, -0.15) is 0 Å². The molecule has 0 radical (unpaired) electrons. The molecule has 1 fully saturated rings. The number of benzene rings is 1. The highest BCUT2D eigenvalue weighted by Crippen LogP contribution is 2.30. The van der Waals surface area contributed by atoms with Gasteiger partial charge >= 0.3 is 0 Å². The number of hydrogen-bond acceptors (Lipinski definition) is 5. The third kappa shape index (κ3) is 3.86. The Hall–Kier alpha value is -2.45. The van der Waals surface area contributed by atoms with Crippen LogP contribution in [0.3, 0.4) is 0 Å². The third-order valence-corrected chi connectivity index (χ3v) is 6.02. The minimum absolute atomic E-state index is 0.0450.